The Balaban J connectivity index is 2.82. The highest BCUT2D eigenvalue weighted by molar-refractivity contribution is 5.90. The van der Waals surface area contributed by atoms with Crippen molar-refractivity contribution in [3.8, 4) is 18.2 Å². The second-order valence-electron chi connectivity index (χ2n) is 5.19. The summed E-state index contributed by atoms with van der Waals surface area (Å²) >= 11 is 0. The minimum absolute atomic E-state index is 0.103. The van der Waals surface area contributed by atoms with E-state index in [1.54, 1.807) is 49.4 Å². The molecule has 0 unspecified atom stereocenters. The molecule has 0 radical (unpaired) electrons. The Morgan fingerprint density at radius 2 is 1.68 bits per heavy atom. The maximum atomic E-state index is 9.77. The molecule has 1 aromatic carbocycles. The summed E-state index contributed by atoms with van der Waals surface area (Å²) in [6.45, 7) is 3.65. The zero-order valence-electron chi connectivity index (χ0n) is 13.9. The molecule has 0 fully saturated rings. The summed E-state index contributed by atoms with van der Waals surface area (Å²) in [7, 11) is 0. The highest BCUT2D eigenvalue weighted by atomic mass is 16.5. The fraction of sp³-hybridized carbons (Fsp3) is 0.0952. The third-order valence-corrected chi connectivity index (χ3v) is 3.45. The molecule has 120 valence electrons. The van der Waals surface area contributed by atoms with E-state index in [-0.39, 0.29) is 11.1 Å². The Bertz CT molecular complexity index is 937. The van der Waals surface area contributed by atoms with E-state index in [4.69, 9.17) is 4.74 Å². The molecule has 0 bridgehead atoms. The summed E-state index contributed by atoms with van der Waals surface area (Å²) < 4.78 is 5.60. The molecule has 0 saturated heterocycles. The SMILES string of the molecule is C/C=C/C1=CC(=C(/C#N)C(=C(C#N)C#N)c2ccccc2)/C=C(C)O1. The average molecular weight is 325 g/mol. The summed E-state index contributed by atoms with van der Waals surface area (Å²) in [4.78, 5) is 0. The first-order chi connectivity index (χ1) is 12.1. The number of hydrogen-bond acceptors (Lipinski definition) is 4. The average Bonchev–Trinajstić information content (AvgIpc) is 2.62. The lowest BCUT2D eigenvalue weighted by Crippen LogP contribution is -2.01. The van der Waals surface area contributed by atoms with Gasteiger partial charge < -0.3 is 4.74 Å². The van der Waals surface area contributed by atoms with E-state index in [0.717, 1.165) is 0 Å². The van der Waals surface area contributed by atoms with Gasteiger partial charge >= 0.3 is 0 Å². The summed E-state index contributed by atoms with van der Waals surface area (Å²) in [5.74, 6) is 1.22. The van der Waals surface area contributed by atoms with E-state index in [1.807, 2.05) is 31.2 Å². The largest absolute Gasteiger partial charge is 0.462 e. The zero-order valence-corrected chi connectivity index (χ0v) is 13.9. The van der Waals surface area contributed by atoms with E-state index in [0.29, 0.717) is 28.2 Å². The van der Waals surface area contributed by atoms with Crippen molar-refractivity contribution in [3.05, 3.63) is 88.4 Å². The second-order valence-corrected chi connectivity index (χ2v) is 5.19. The number of hydrogen-bond donors (Lipinski definition) is 0. The van der Waals surface area contributed by atoms with Crippen molar-refractivity contribution in [3.63, 3.8) is 0 Å². The molecule has 4 nitrogen and oxygen atoms in total. The van der Waals surface area contributed by atoms with Gasteiger partial charge in [0.05, 0.1) is 5.57 Å². The molecule has 0 atom stereocenters. The molecular formula is C21H15N3O. The lowest BCUT2D eigenvalue weighted by Gasteiger charge is -2.16. The summed E-state index contributed by atoms with van der Waals surface area (Å²) in [6.07, 6.45) is 7.06. The molecule has 0 spiro atoms. The molecule has 0 amide bonds. The third kappa shape index (κ3) is 3.94. The van der Waals surface area contributed by atoms with Crippen LogP contribution >= 0.6 is 0 Å². The minimum Gasteiger partial charge on any atom is -0.462 e. The monoisotopic (exact) mass is 325 g/mol. The number of nitrogens with zero attached hydrogens (tertiary/aromatic N) is 3. The van der Waals surface area contributed by atoms with Gasteiger partial charge in [-0.3, -0.25) is 0 Å². The fourth-order valence-electron chi connectivity index (χ4n) is 2.47. The van der Waals surface area contributed by atoms with Gasteiger partial charge in [0.1, 0.15) is 35.3 Å². The summed E-state index contributed by atoms with van der Waals surface area (Å²) in [5, 5.41) is 28.5. The Kier molecular flexibility index (Phi) is 5.72. The van der Waals surface area contributed by atoms with Gasteiger partial charge in [-0.05, 0) is 43.2 Å². The molecule has 4 heteroatoms. The van der Waals surface area contributed by atoms with Crippen LogP contribution in [0.15, 0.2) is 82.9 Å². The van der Waals surface area contributed by atoms with Crippen molar-refractivity contribution in [2.24, 2.45) is 0 Å². The van der Waals surface area contributed by atoms with E-state index in [9.17, 15) is 15.8 Å². The van der Waals surface area contributed by atoms with Gasteiger partial charge in [-0.2, -0.15) is 15.8 Å². The third-order valence-electron chi connectivity index (χ3n) is 3.45. The highest BCUT2D eigenvalue weighted by Crippen LogP contribution is 2.32. The number of ether oxygens (including phenoxy) is 1. The molecule has 1 aliphatic rings. The second kappa shape index (κ2) is 8.16. The number of nitriles is 3. The van der Waals surface area contributed by atoms with Crippen LogP contribution in [0.25, 0.3) is 5.57 Å². The maximum absolute atomic E-state index is 9.77. The Labute approximate surface area is 147 Å². The number of allylic oxidation sites excluding steroid dienone is 9. The summed E-state index contributed by atoms with van der Waals surface area (Å²) in [6, 6.07) is 14.9. The van der Waals surface area contributed by atoms with Crippen LogP contribution in [-0.4, -0.2) is 0 Å². The fourth-order valence-corrected chi connectivity index (χ4v) is 2.47. The van der Waals surface area contributed by atoms with Gasteiger partial charge in [0.25, 0.3) is 0 Å². The molecule has 1 heterocycles. The summed E-state index contributed by atoms with van der Waals surface area (Å²) in [5.41, 5.74) is 1.72. The molecule has 25 heavy (non-hydrogen) atoms. The zero-order chi connectivity index (χ0) is 18.2. The van der Waals surface area contributed by atoms with Crippen molar-refractivity contribution in [2.75, 3.05) is 0 Å². The van der Waals surface area contributed by atoms with Gasteiger partial charge in [-0.1, -0.05) is 36.4 Å². The Morgan fingerprint density at radius 1 is 1.00 bits per heavy atom. The predicted molar refractivity (Wildman–Crippen MR) is 95.0 cm³/mol. The van der Waals surface area contributed by atoms with E-state index >= 15 is 0 Å². The first kappa shape index (κ1) is 17.5. The van der Waals surface area contributed by atoms with Crippen molar-refractivity contribution in [1.82, 2.24) is 0 Å². The lowest BCUT2D eigenvalue weighted by atomic mass is 9.90. The minimum atomic E-state index is -0.103. The maximum Gasteiger partial charge on any atom is 0.138 e. The first-order valence-corrected chi connectivity index (χ1v) is 7.59. The van der Waals surface area contributed by atoms with E-state index < -0.39 is 0 Å². The normalized spacial score (nSPS) is 15.0. The molecule has 0 saturated carbocycles. The molecule has 2 rings (SSSR count). The van der Waals surface area contributed by atoms with Crippen molar-refractivity contribution >= 4 is 5.57 Å². The predicted octanol–water partition coefficient (Wildman–Crippen LogP) is 4.70. The molecule has 1 aromatic rings. The van der Waals surface area contributed by atoms with Crippen LogP contribution in [-0.2, 0) is 4.74 Å². The highest BCUT2D eigenvalue weighted by Gasteiger charge is 2.19. The smallest absolute Gasteiger partial charge is 0.138 e. The van der Waals surface area contributed by atoms with Crippen molar-refractivity contribution in [1.29, 1.82) is 15.8 Å². The van der Waals surface area contributed by atoms with Gasteiger partial charge in [0, 0.05) is 5.57 Å². The van der Waals surface area contributed by atoms with Crippen LogP contribution in [0.2, 0.25) is 0 Å². The van der Waals surface area contributed by atoms with Gasteiger partial charge in [0.2, 0.25) is 0 Å². The van der Waals surface area contributed by atoms with Crippen LogP contribution in [0, 0.1) is 34.0 Å². The van der Waals surface area contributed by atoms with Crippen LogP contribution in [0.3, 0.4) is 0 Å². The van der Waals surface area contributed by atoms with Gasteiger partial charge in [0.15, 0.2) is 0 Å². The lowest BCUT2D eigenvalue weighted by molar-refractivity contribution is 0.317. The quantitative estimate of drug-likeness (QED) is 0.754. The molecular weight excluding hydrogens is 310 g/mol. The molecule has 1 aliphatic heterocycles. The van der Waals surface area contributed by atoms with Crippen molar-refractivity contribution < 1.29 is 4.74 Å². The standard InChI is InChI=1S/C21H15N3O/c1-3-7-19-11-17(10-15(2)25-19)20(14-24)21(18(12-22)13-23)16-8-5-4-6-9-16/h3-11H,1-2H3/b7-3+,20-17-. The Morgan fingerprint density at radius 3 is 2.24 bits per heavy atom. The van der Waals surface area contributed by atoms with Crippen LogP contribution < -0.4 is 0 Å². The van der Waals surface area contributed by atoms with Crippen molar-refractivity contribution in [2.45, 2.75) is 13.8 Å². The van der Waals surface area contributed by atoms with Crippen LogP contribution in [0.4, 0.5) is 0 Å². The van der Waals surface area contributed by atoms with Crippen LogP contribution in [0.1, 0.15) is 19.4 Å². The topological polar surface area (TPSA) is 80.6 Å². The number of benzene rings is 1. The molecule has 0 aromatic heterocycles. The van der Waals surface area contributed by atoms with Crippen LogP contribution in [0.5, 0.6) is 0 Å². The van der Waals surface area contributed by atoms with Gasteiger partial charge in [-0.15, -0.1) is 0 Å². The molecule has 0 aliphatic carbocycles. The van der Waals surface area contributed by atoms with E-state index in [2.05, 4.69) is 6.07 Å². The molecule has 0 N–H and O–H groups in total. The number of rotatable bonds is 3. The Hall–Kier alpha value is -3.81. The van der Waals surface area contributed by atoms with E-state index in [1.165, 1.54) is 0 Å². The first-order valence-electron chi connectivity index (χ1n) is 7.59. The van der Waals surface area contributed by atoms with Gasteiger partial charge in [-0.25, -0.2) is 0 Å².